The number of hydrogen-bond acceptors (Lipinski definition) is 0. The van der Waals surface area contributed by atoms with Crippen LogP contribution in [0.15, 0.2) is 211 Å². The fourth-order valence-corrected chi connectivity index (χ4v) is 6.95. The Morgan fingerprint density at radius 2 is 0.719 bits per heavy atom. The van der Waals surface area contributed by atoms with E-state index in [4.69, 9.17) is 23.3 Å². The van der Waals surface area contributed by atoms with Crippen LogP contribution in [0.5, 0.6) is 0 Å². The Morgan fingerprint density at radius 1 is 0.263 bits per heavy atom. The molecule has 12 rings (SSSR count). The molecule has 0 fully saturated rings. The minimum absolute atomic E-state index is 0.574. The van der Waals surface area contributed by atoms with Crippen LogP contribution in [0.2, 0.25) is 0 Å². The smallest absolute Gasteiger partial charge is 0.0652 e. The molecule has 0 aliphatic carbocycles. The maximum absolute atomic E-state index is 10.2. The lowest BCUT2D eigenvalue weighted by Gasteiger charge is -2.15. The van der Waals surface area contributed by atoms with Gasteiger partial charge in [-0.05, 0) is 89.2 Å². The van der Waals surface area contributed by atoms with Crippen molar-refractivity contribution in [3.8, 4) is 39.3 Å². The summed E-state index contributed by atoms with van der Waals surface area (Å²) >= 11 is 0. The number of rotatable bonds is 5. The average molecular weight is 761 g/mol. The molecule has 3 nitrogen and oxygen atoms in total. The maximum Gasteiger partial charge on any atom is 0.0652 e. The standard InChI is InChI=1S/C54H35N3/c1-2-15-36(16-3-1)37-29-31-53-46(34-37)44-22-7-10-25-49(44)56(53)40-30-32-54-47(35-40)45-23-8-11-26-50(45)55(54)39-18-14-17-38(33-39)41-19-4-9-24-48(41)57-51-27-12-5-20-42(51)43-21-6-13-28-52(43)57/h1-35H/i1D,2D,3D,4D,5D,6D,7D,8D,9D,10D,11D,12D,13D,14D,15D,16D,17D,18D,19D,20D,21D,22D,23D,24D,25D,26D,27D,28D,29D,30D,31D,32D,33D,34D,35D. The monoisotopic (exact) mass is 761 g/mol. The second kappa shape index (κ2) is 12.5. The van der Waals surface area contributed by atoms with Crippen molar-refractivity contribution in [3.05, 3.63) is 211 Å². The molecule has 0 bridgehead atoms. The van der Waals surface area contributed by atoms with E-state index in [1.807, 2.05) is 0 Å². The number of aromatic nitrogens is 3. The minimum Gasteiger partial charge on any atom is -0.309 e. The summed E-state index contributed by atoms with van der Waals surface area (Å²) in [7, 11) is 0. The summed E-state index contributed by atoms with van der Waals surface area (Å²) in [5.41, 5.74) is -11.1. The molecule has 57 heavy (non-hydrogen) atoms. The highest BCUT2D eigenvalue weighted by atomic mass is 15.0. The van der Waals surface area contributed by atoms with Crippen molar-refractivity contribution in [1.82, 2.24) is 13.7 Å². The highest BCUT2D eigenvalue weighted by Gasteiger charge is 2.19. The normalized spacial score (nSPS) is 20.5. The van der Waals surface area contributed by atoms with Crippen molar-refractivity contribution in [2.24, 2.45) is 0 Å². The van der Waals surface area contributed by atoms with Crippen LogP contribution in [0.4, 0.5) is 0 Å². The zero-order chi connectivity index (χ0) is 67.9. The molecule has 0 saturated carbocycles. The molecule has 3 aromatic heterocycles. The van der Waals surface area contributed by atoms with Gasteiger partial charge in [-0.3, -0.25) is 0 Å². The molecule has 0 N–H and O–H groups in total. The van der Waals surface area contributed by atoms with Crippen LogP contribution in [-0.4, -0.2) is 13.7 Å². The van der Waals surface area contributed by atoms with Gasteiger partial charge >= 0.3 is 0 Å². The van der Waals surface area contributed by atoms with Crippen molar-refractivity contribution in [1.29, 1.82) is 0 Å². The number of fused-ring (bicyclic) bond motifs is 9. The number of benzene rings is 9. The molecule has 3 heteroatoms. The van der Waals surface area contributed by atoms with Crippen molar-refractivity contribution < 1.29 is 48.0 Å². The van der Waals surface area contributed by atoms with E-state index in [0.29, 0.717) is 13.7 Å². The van der Waals surface area contributed by atoms with E-state index in [0.717, 1.165) is 0 Å². The molecule has 0 amide bonds. The molecule has 0 aliphatic heterocycles. The third kappa shape index (κ3) is 4.79. The summed E-state index contributed by atoms with van der Waals surface area (Å²) in [4.78, 5) is 0. The van der Waals surface area contributed by atoms with E-state index in [1.165, 1.54) is 0 Å². The molecule has 12 aromatic rings. The fourth-order valence-electron chi connectivity index (χ4n) is 6.95. The Morgan fingerprint density at radius 3 is 1.37 bits per heavy atom. The summed E-state index contributed by atoms with van der Waals surface area (Å²) in [5.74, 6) is 0. The number of para-hydroxylation sites is 5. The van der Waals surface area contributed by atoms with Gasteiger partial charge in [0.15, 0.2) is 0 Å². The Balaban J connectivity index is 1.28. The van der Waals surface area contributed by atoms with E-state index in [9.17, 15) is 24.7 Å². The lowest BCUT2D eigenvalue weighted by Crippen LogP contribution is -1.98. The highest BCUT2D eigenvalue weighted by molar-refractivity contribution is 6.13. The maximum atomic E-state index is 10.2. The SMILES string of the molecule is [2H]c1c([2H])c([2H])c(-c2c([2H])c([2H])c3c(c2[2H])c2c([2H])c([2H])c([2H])c([2H])c2n3-c2c([2H])c([2H])c3c(c2[2H])c2c([2H])c([2H])c([2H])c([2H])c2n3-c2c([2H])c([2H])c([2H])c(-c3c([2H])c([2H])c([2H])c([2H])c3-n3c4c([2H])c([2H])c([2H])c([2H])c4c4c([2H])c([2H])c([2H])c([2H])c43)c2[2H])c([2H])c1[2H]. The van der Waals surface area contributed by atoms with E-state index in [-0.39, 0.29) is 0 Å². The van der Waals surface area contributed by atoms with Crippen LogP contribution in [0.1, 0.15) is 48.0 Å². The lowest BCUT2D eigenvalue weighted by molar-refractivity contribution is 1.16. The first-order valence-electron chi connectivity index (χ1n) is 34.3. The first-order chi connectivity index (χ1) is 42.9. The van der Waals surface area contributed by atoms with Gasteiger partial charge in [0.05, 0.1) is 86.8 Å². The molecule has 0 saturated heterocycles. The summed E-state index contributed by atoms with van der Waals surface area (Å²) in [6, 6.07) is -35.7. The third-order valence-electron chi connectivity index (χ3n) is 9.29. The van der Waals surface area contributed by atoms with Gasteiger partial charge in [0.2, 0.25) is 0 Å². The Bertz CT molecular complexity index is 5480. The topological polar surface area (TPSA) is 14.8 Å². The zero-order valence-corrected chi connectivity index (χ0v) is 28.3. The Kier molecular flexibility index (Phi) is 2.78. The van der Waals surface area contributed by atoms with E-state index in [2.05, 4.69) is 0 Å². The van der Waals surface area contributed by atoms with Crippen LogP contribution >= 0.6 is 0 Å². The van der Waals surface area contributed by atoms with Crippen molar-refractivity contribution in [2.75, 3.05) is 0 Å². The van der Waals surface area contributed by atoms with Gasteiger partial charge in [0.1, 0.15) is 0 Å². The first-order valence-corrected chi connectivity index (χ1v) is 16.8. The molecule has 0 unspecified atom stereocenters. The highest BCUT2D eigenvalue weighted by Crippen LogP contribution is 2.40. The molecule has 3 heterocycles. The molecule has 0 aliphatic rings. The lowest BCUT2D eigenvalue weighted by atomic mass is 10.0. The molecule has 266 valence electrons. The van der Waals surface area contributed by atoms with Crippen LogP contribution in [0, 0.1) is 0 Å². The van der Waals surface area contributed by atoms with Crippen LogP contribution in [0.3, 0.4) is 0 Å². The van der Waals surface area contributed by atoms with Gasteiger partial charge < -0.3 is 13.7 Å². The van der Waals surface area contributed by atoms with E-state index in [1.54, 1.807) is 0 Å². The Labute approximate surface area is 378 Å². The van der Waals surface area contributed by atoms with E-state index >= 15 is 0 Å². The zero-order valence-electron chi connectivity index (χ0n) is 63.3. The molecule has 9 aromatic carbocycles. The predicted molar refractivity (Wildman–Crippen MR) is 240 cm³/mol. The van der Waals surface area contributed by atoms with Gasteiger partial charge in [-0.2, -0.15) is 0 Å². The fraction of sp³-hybridized carbons (Fsp3) is 0. The van der Waals surface area contributed by atoms with Crippen LogP contribution in [0.25, 0.3) is 105 Å². The minimum atomic E-state index is -1.24. The predicted octanol–water partition coefficient (Wildman–Crippen LogP) is 14.3. The van der Waals surface area contributed by atoms with Crippen molar-refractivity contribution >= 4 is 65.4 Å². The van der Waals surface area contributed by atoms with Gasteiger partial charge in [-0.25, -0.2) is 0 Å². The third-order valence-corrected chi connectivity index (χ3v) is 9.29. The summed E-state index contributed by atoms with van der Waals surface area (Å²) in [5, 5.41) is -3.98. The summed E-state index contributed by atoms with van der Waals surface area (Å²) < 4.78 is 322. The van der Waals surface area contributed by atoms with Gasteiger partial charge in [0.25, 0.3) is 0 Å². The molecular formula is C54H35N3. The largest absolute Gasteiger partial charge is 0.309 e. The average Bonchev–Trinajstić information content (AvgIpc) is 1.51. The quantitative estimate of drug-likeness (QED) is 0.166. The molecule has 0 atom stereocenters. The number of nitrogens with zero attached hydrogens (tertiary/aromatic N) is 3. The molecule has 0 radical (unpaired) electrons. The van der Waals surface area contributed by atoms with Crippen LogP contribution < -0.4 is 0 Å². The van der Waals surface area contributed by atoms with Crippen molar-refractivity contribution in [2.45, 2.75) is 0 Å². The molecule has 0 spiro atoms. The second-order valence-corrected chi connectivity index (χ2v) is 12.3. The first kappa shape index (κ1) is 12.7. The van der Waals surface area contributed by atoms with Crippen LogP contribution in [-0.2, 0) is 0 Å². The second-order valence-electron chi connectivity index (χ2n) is 12.3. The summed E-state index contributed by atoms with van der Waals surface area (Å²) in [6.07, 6.45) is 0. The Hall–Kier alpha value is -7.62. The van der Waals surface area contributed by atoms with Gasteiger partial charge in [0, 0.05) is 49.3 Å². The van der Waals surface area contributed by atoms with Gasteiger partial charge in [-0.15, -0.1) is 0 Å². The summed E-state index contributed by atoms with van der Waals surface area (Å²) in [6.45, 7) is 0. The molecular weight excluding hydrogens is 691 g/mol. The van der Waals surface area contributed by atoms with Gasteiger partial charge in [-0.1, -0.05) is 139 Å². The van der Waals surface area contributed by atoms with Crippen molar-refractivity contribution in [3.63, 3.8) is 0 Å². The number of hydrogen-bond donors (Lipinski definition) is 0. The van der Waals surface area contributed by atoms with E-state index < -0.39 is 316 Å².